The van der Waals surface area contributed by atoms with Gasteiger partial charge in [0.15, 0.2) is 0 Å². The molecule has 4 saturated carbocycles. The molecule has 4 aliphatic rings. The smallest absolute Gasteiger partial charge is 0.222 e. The average Bonchev–Trinajstić information content (AvgIpc) is 2.51. The molecule has 3 nitrogen and oxygen atoms in total. The van der Waals surface area contributed by atoms with Crippen molar-refractivity contribution in [2.45, 2.75) is 51.4 Å². The second-order valence-electron chi connectivity index (χ2n) is 8.48. The van der Waals surface area contributed by atoms with Crippen molar-refractivity contribution < 1.29 is 4.79 Å². The van der Waals surface area contributed by atoms with Crippen molar-refractivity contribution in [3.63, 3.8) is 0 Å². The fourth-order valence-electron chi connectivity index (χ4n) is 5.92. The maximum absolute atomic E-state index is 12.8. The maximum atomic E-state index is 12.8. The van der Waals surface area contributed by atoms with Crippen molar-refractivity contribution in [3.05, 3.63) is 30.1 Å². The lowest BCUT2D eigenvalue weighted by Gasteiger charge is -2.56. The number of likely N-dealkylation sites (N-methyl/N-ethyl adjacent to an activating group) is 1. The van der Waals surface area contributed by atoms with Gasteiger partial charge in [0.2, 0.25) is 5.91 Å². The van der Waals surface area contributed by atoms with Crippen LogP contribution in [-0.2, 0) is 11.2 Å². The molecule has 0 radical (unpaired) electrons. The van der Waals surface area contributed by atoms with E-state index < -0.39 is 0 Å². The van der Waals surface area contributed by atoms with E-state index >= 15 is 0 Å². The van der Waals surface area contributed by atoms with Gasteiger partial charge in [0.05, 0.1) is 0 Å². The van der Waals surface area contributed by atoms with Crippen LogP contribution in [-0.4, -0.2) is 29.4 Å². The van der Waals surface area contributed by atoms with Crippen molar-refractivity contribution in [2.24, 2.45) is 23.2 Å². The summed E-state index contributed by atoms with van der Waals surface area (Å²) < 4.78 is 0. The largest absolute Gasteiger partial charge is 0.345 e. The van der Waals surface area contributed by atoms with Gasteiger partial charge in [-0.15, -0.1) is 0 Å². The second kappa shape index (κ2) is 5.92. The van der Waals surface area contributed by atoms with Gasteiger partial charge in [-0.3, -0.25) is 9.78 Å². The fraction of sp³-hybridized carbons (Fsp3) is 0.700. The molecule has 1 aromatic heterocycles. The van der Waals surface area contributed by atoms with Gasteiger partial charge < -0.3 is 4.90 Å². The van der Waals surface area contributed by atoms with Gasteiger partial charge in [0.1, 0.15) is 0 Å². The summed E-state index contributed by atoms with van der Waals surface area (Å²) in [6.45, 7) is 0.780. The van der Waals surface area contributed by atoms with E-state index in [1.807, 2.05) is 36.3 Å². The molecule has 4 fully saturated rings. The van der Waals surface area contributed by atoms with E-state index in [2.05, 4.69) is 4.98 Å². The van der Waals surface area contributed by atoms with Gasteiger partial charge in [-0.1, -0.05) is 6.07 Å². The Morgan fingerprint density at radius 1 is 1.17 bits per heavy atom. The lowest BCUT2D eigenvalue weighted by Crippen LogP contribution is -2.48. The molecule has 124 valence electrons. The summed E-state index contributed by atoms with van der Waals surface area (Å²) in [6, 6.07) is 5.99. The van der Waals surface area contributed by atoms with Crippen molar-refractivity contribution in [1.29, 1.82) is 0 Å². The first kappa shape index (κ1) is 15.2. The van der Waals surface area contributed by atoms with E-state index in [4.69, 9.17) is 0 Å². The van der Waals surface area contributed by atoms with E-state index in [0.717, 1.165) is 42.8 Å². The molecular weight excluding hydrogens is 284 g/mol. The first-order chi connectivity index (χ1) is 11.1. The Morgan fingerprint density at radius 2 is 1.83 bits per heavy atom. The minimum atomic E-state index is 0.350. The van der Waals surface area contributed by atoms with Crippen LogP contribution in [0.15, 0.2) is 24.4 Å². The highest BCUT2D eigenvalue weighted by atomic mass is 16.2. The van der Waals surface area contributed by atoms with Crippen LogP contribution < -0.4 is 0 Å². The highest BCUT2D eigenvalue weighted by Gasteiger charge is 2.51. The van der Waals surface area contributed by atoms with Crippen LogP contribution in [0.1, 0.15) is 50.6 Å². The Bertz CT molecular complexity index is 533. The standard InChI is InChI=1S/C20H28N2O/c1-22(7-5-18-4-2-3-6-21-18)19(23)14-20-11-15-8-16(12-20)10-17(9-15)13-20/h2-4,6,15-17H,5,7-14H2,1H3. The molecular formula is C20H28N2O. The van der Waals surface area contributed by atoms with Gasteiger partial charge in [-0.2, -0.15) is 0 Å². The van der Waals surface area contributed by atoms with E-state index in [9.17, 15) is 4.79 Å². The summed E-state index contributed by atoms with van der Waals surface area (Å²) in [5, 5.41) is 0. The molecule has 4 bridgehead atoms. The molecule has 1 heterocycles. The van der Waals surface area contributed by atoms with Crippen molar-refractivity contribution >= 4 is 5.91 Å². The molecule has 5 rings (SSSR count). The molecule has 0 aliphatic heterocycles. The van der Waals surface area contributed by atoms with Crippen LogP contribution in [0.5, 0.6) is 0 Å². The zero-order valence-corrected chi connectivity index (χ0v) is 14.2. The van der Waals surface area contributed by atoms with Crippen LogP contribution >= 0.6 is 0 Å². The zero-order chi connectivity index (χ0) is 15.9. The Labute approximate surface area is 139 Å². The Kier molecular flexibility index (Phi) is 3.90. The Balaban J connectivity index is 1.34. The summed E-state index contributed by atoms with van der Waals surface area (Å²) >= 11 is 0. The molecule has 0 aromatic carbocycles. The first-order valence-electron chi connectivity index (χ1n) is 9.26. The molecule has 3 heteroatoms. The normalized spacial score (nSPS) is 34.6. The van der Waals surface area contributed by atoms with Gasteiger partial charge in [-0.25, -0.2) is 0 Å². The molecule has 0 atom stereocenters. The lowest BCUT2D eigenvalue weighted by atomic mass is 9.49. The number of aromatic nitrogens is 1. The van der Waals surface area contributed by atoms with Gasteiger partial charge in [0.25, 0.3) is 0 Å². The monoisotopic (exact) mass is 312 g/mol. The number of rotatable bonds is 5. The number of hydrogen-bond donors (Lipinski definition) is 0. The topological polar surface area (TPSA) is 33.2 Å². The average molecular weight is 312 g/mol. The van der Waals surface area contributed by atoms with Crippen LogP contribution in [0.3, 0.4) is 0 Å². The van der Waals surface area contributed by atoms with Crippen molar-refractivity contribution in [1.82, 2.24) is 9.88 Å². The van der Waals surface area contributed by atoms with Gasteiger partial charge in [-0.05, 0) is 73.8 Å². The number of pyridine rings is 1. The number of carbonyl (C=O) groups is 1. The molecule has 0 saturated heterocycles. The SMILES string of the molecule is CN(CCc1ccccn1)C(=O)CC12CC3CC(CC(C3)C1)C2. The van der Waals surface area contributed by atoms with Crippen LogP contribution in [0, 0.1) is 23.2 Å². The summed E-state index contributed by atoms with van der Waals surface area (Å²) in [5.41, 5.74) is 1.42. The van der Waals surface area contributed by atoms with Crippen molar-refractivity contribution in [2.75, 3.05) is 13.6 Å². The van der Waals surface area contributed by atoms with E-state index in [1.54, 1.807) is 0 Å². The molecule has 0 unspecified atom stereocenters. The van der Waals surface area contributed by atoms with E-state index in [0.29, 0.717) is 11.3 Å². The van der Waals surface area contributed by atoms with Gasteiger partial charge >= 0.3 is 0 Å². The predicted molar refractivity (Wildman–Crippen MR) is 90.8 cm³/mol. The second-order valence-corrected chi connectivity index (χ2v) is 8.48. The predicted octanol–water partition coefficient (Wildman–Crippen LogP) is 3.69. The number of hydrogen-bond acceptors (Lipinski definition) is 2. The van der Waals surface area contributed by atoms with Gasteiger partial charge in [0, 0.05) is 38.3 Å². The molecule has 0 N–H and O–H groups in total. The highest BCUT2D eigenvalue weighted by Crippen LogP contribution is 2.61. The Hall–Kier alpha value is -1.38. The van der Waals surface area contributed by atoms with Crippen molar-refractivity contribution in [3.8, 4) is 0 Å². The molecule has 1 amide bonds. The van der Waals surface area contributed by atoms with Crippen LogP contribution in [0.2, 0.25) is 0 Å². The minimum absolute atomic E-state index is 0.350. The summed E-state index contributed by atoms with van der Waals surface area (Å²) in [7, 11) is 1.96. The third-order valence-corrected chi connectivity index (χ3v) is 6.55. The third-order valence-electron chi connectivity index (χ3n) is 6.55. The quantitative estimate of drug-likeness (QED) is 0.831. The molecule has 1 aromatic rings. The van der Waals surface area contributed by atoms with E-state index in [-0.39, 0.29) is 0 Å². The fourth-order valence-corrected chi connectivity index (χ4v) is 5.92. The third kappa shape index (κ3) is 3.15. The zero-order valence-electron chi connectivity index (χ0n) is 14.2. The molecule has 0 spiro atoms. The number of nitrogens with zero attached hydrogens (tertiary/aromatic N) is 2. The lowest BCUT2D eigenvalue weighted by molar-refractivity contribution is -0.138. The van der Waals surface area contributed by atoms with Crippen LogP contribution in [0.25, 0.3) is 0 Å². The Morgan fingerprint density at radius 3 is 2.39 bits per heavy atom. The first-order valence-corrected chi connectivity index (χ1v) is 9.26. The summed E-state index contributed by atoms with van der Waals surface area (Å²) in [4.78, 5) is 19.0. The van der Waals surface area contributed by atoms with Crippen LogP contribution in [0.4, 0.5) is 0 Å². The maximum Gasteiger partial charge on any atom is 0.222 e. The van der Waals surface area contributed by atoms with E-state index in [1.165, 1.54) is 38.5 Å². The summed E-state index contributed by atoms with van der Waals surface area (Å²) in [6.07, 6.45) is 11.8. The molecule has 4 aliphatic carbocycles. The summed E-state index contributed by atoms with van der Waals surface area (Å²) in [5.74, 6) is 3.12. The number of amides is 1. The number of carbonyl (C=O) groups excluding carboxylic acids is 1. The molecule has 23 heavy (non-hydrogen) atoms. The highest BCUT2D eigenvalue weighted by molar-refractivity contribution is 5.76. The minimum Gasteiger partial charge on any atom is -0.345 e.